The molecule has 7 heteroatoms. The molecule has 1 fully saturated rings. The topological polar surface area (TPSA) is 78.4 Å². The van der Waals surface area contributed by atoms with Gasteiger partial charge in [0.15, 0.2) is 0 Å². The fraction of sp³-hybridized carbons (Fsp3) is 0.333. The van der Waals surface area contributed by atoms with Crippen molar-refractivity contribution in [3.63, 3.8) is 0 Å². The first-order valence-corrected chi connectivity index (χ1v) is 8.27. The molecule has 0 saturated carbocycles. The molecule has 0 aliphatic carbocycles. The van der Waals surface area contributed by atoms with Crippen LogP contribution in [-0.4, -0.2) is 52.9 Å². The van der Waals surface area contributed by atoms with Crippen LogP contribution in [0.15, 0.2) is 42.9 Å². The van der Waals surface area contributed by atoms with Gasteiger partial charge in [0.2, 0.25) is 5.91 Å². The summed E-state index contributed by atoms with van der Waals surface area (Å²) in [6.45, 7) is 4.89. The van der Waals surface area contributed by atoms with Crippen molar-refractivity contribution in [2.45, 2.75) is 13.5 Å². The smallest absolute Gasteiger partial charge is 0.270 e. The first-order chi connectivity index (χ1) is 12.1. The van der Waals surface area contributed by atoms with Gasteiger partial charge in [-0.15, -0.1) is 0 Å². The SMILES string of the molecule is CC(=O)N1CCN(c2ccnc(C(=O)NCc3cccnc3)c2)CC1. The highest BCUT2D eigenvalue weighted by molar-refractivity contribution is 5.93. The molecule has 3 rings (SSSR count). The van der Waals surface area contributed by atoms with Gasteiger partial charge in [0.25, 0.3) is 5.91 Å². The molecule has 130 valence electrons. The number of aromatic nitrogens is 2. The zero-order valence-electron chi connectivity index (χ0n) is 14.2. The van der Waals surface area contributed by atoms with E-state index < -0.39 is 0 Å². The molecular weight excluding hydrogens is 318 g/mol. The highest BCUT2D eigenvalue weighted by Crippen LogP contribution is 2.17. The molecule has 1 N–H and O–H groups in total. The van der Waals surface area contributed by atoms with E-state index in [1.54, 1.807) is 31.6 Å². The summed E-state index contributed by atoms with van der Waals surface area (Å²) in [4.78, 5) is 35.9. The Morgan fingerprint density at radius 1 is 1.16 bits per heavy atom. The molecule has 1 aliphatic heterocycles. The van der Waals surface area contributed by atoms with Crippen molar-refractivity contribution in [1.82, 2.24) is 20.2 Å². The molecule has 1 saturated heterocycles. The van der Waals surface area contributed by atoms with Crippen LogP contribution in [0, 0.1) is 0 Å². The summed E-state index contributed by atoms with van der Waals surface area (Å²) in [5.41, 5.74) is 2.27. The second-order valence-corrected chi connectivity index (χ2v) is 5.94. The lowest BCUT2D eigenvalue weighted by Gasteiger charge is -2.35. The molecule has 0 spiro atoms. The molecule has 0 unspecified atom stereocenters. The Hall–Kier alpha value is -2.96. The number of hydrogen-bond donors (Lipinski definition) is 1. The normalized spacial score (nSPS) is 14.3. The quantitative estimate of drug-likeness (QED) is 0.902. The lowest BCUT2D eigenvalue weighted by atomic mass is 10.2. The zero-order chi connectivity index (χ0) is 17.6. The van der Waals surface area contributed by atoms with Crippen molar-refractivity contribution in [1.29, 1.82) is 0 Å². The van der Waals surface area contributed by atoms with E-state index in [1.807, 2.05) is 23.1 Å². The van der Waals surface area contributed by atoms with E-state index in [-0.39, 0.29) is 11.8 Å². The van der Waals surface area contributed by atoms with Gasteiger partial charge in [-0.1, -0.05) is 6.07 Å². The van der Waals surface area contributed by atoms with E-state index in [1.165, 1.54) is 0 Å². The minimum Gasteiger partial charge on any atom is -0.368 e. The Morgan fingerprint density at radius 2 is 1.96 bits per heavy atom. The minimum atomic E-state index is -0.215. The maximum Gasteiger partial charge on any atom is 0.270 e. The molecule has 0 aromatic carbocycles. The fourth-order valence-electron chi connectivity index (χ4n) is 2.80. The Kier molecular flexibility index (Phi) is 5.23. The average Bonchev–Trinajstić information content (AvgIpc) is 2.67. The number of rotatable bonds is 4. The maximum absolute atomic E-state index is 12.3. The second-order valence-electron chi connectivity index (χ2n) is 5.94. The predicted octanol–water partition coefficient (Wildman–Crippen LogP) is 1.08. The molecule has 0 bridgehead atoms. The first-order valence-electron chi connectivity index (χ1n) is 8.27. The number of pyridine rings is 2. The fourth-order valence-corrected chi connectivity index (χ4v) is 2.80. The van der Waals surface area contributed by atoms with Crippen molar-refractivity contribution in [3.05, 3.63) is 54.1 Å². The van der Waals surface area contributed by atoms with Crippen LogP contribution >= 0.6 is 0 Å². The Bertz CT molecular complexity index is 742. The molecule has 0 atom stereocenters. The number of piperazine rings is 1. The summed E-state index contributed by atoms with van der Waals surface area (Å²) in [5, 5.41) is 2.85. The summed E-state index contributed by atoms with van der Waals surface area (Å²) < 4.78 is 0. The van der Waals surface area contributed by atoms with E-state index in [2.05, 4.69) is 20.2 Å². The summed E-state index contributed by atoms with van der Waals surface area (Å²) >= 11 is 0. The van der Waals surface area contributed by atoms with Crippen LogP contribution in [0.5, 0.6) is 0 Å². The van der Waals surface area contributed by atoms with Gasteiger partial charge in [0.05, 0.1) is 0 Å². The predicted molar refractivity (Wildman–Crippen MR) is 94.1 cm³/mol. The highest BCUT2D eigenvalue weighted by atomic mass is 16.2. The van der Waals surface area contributed by atoms with Gasteiger partial charge in [-0.3, -0.25) is 19.6 Å². The van der Waals surface area contributed by atoms with E-state index in [0.29, 0.717) is 25.3 Å². The van der Waals surface area contributed by atoms with Crippen molar-refractivity contribution >= 4 is 17.5 Å². The van der Waals surface area contributed by atoms with Crippen LogP contribution in [0.3, 0.4) is 0 Å². The largest absolute Gasteiger partial charge is 0.368 e. The molecule has 7 nitrogen and oxygen atoms in total. The number of carbonyl (C=O) groups excluding carboxylic acids is 2. The third-order valence-electron chi connectivity index (χ3n) is 4.24. The van der Waals surface area contributed by atoms with Crippen molar-refractivity contribution < 1.29 is 9.59 Å². The number of amides is 2. The summed E-state index contributed by atoms with van der Waals surface area (Å²) in [5.74, 6) is -0.113. The lowest BCUT2D eigenvalue weighted by Crippen LogP contribution is -2.48. The number of nitrogens with zero attached hydrogens (tertiary/aromatic N) is 4. The third-order valence-corrected chi connectivity index (χ3v) is 4.24. The van der Waals surface area contributed by atoms with E-state index >= 15 is 0 Å². The van der Waals surface area contributed by atoms with Gasteiger partial charge < -0.3 is 15.1 Å². The lowest BCUT2D eigenvalue weighted by molar-refractivity contribution is -0.129. The van der Waals surface area contributed by atoms with Crippen LogP contribution in [-0.2, 0) is 11.3 Å². The third kappa shape index (κ3) is 4.32. The van der Waals surface area contributed by atoms with Crippen LogP contribution in [0.4, 0.5) is 5.69 Å². The van der Waals surface area contributed by atoms with Crippen molar-refractivity contribution in [3.8, 4) is 0 Å². The number of hydrogen-bond acceptors (Lipinski definition) is 5. The molecule has 2 amide bonds. The number of nitrogens with one attached hydrogen (secondary N) is 1. The van der Waals surface area contributed by atoms with Crippen LogP contribution in [0.1, 0.15) is 23.0 Å². The van der Waals surface area contributed by atoms with Gasteiger partial charge >= 0.3 is 0 Å². The Morgan fingerprint density at radius 3 is 2.64 bits per heavy atom. The average molecular weight is 339 g/mol. The molecule has 25 heavy (non-hydrogen) atoms. The van der Waals surface area contributed by atoms with Gasteiger partial charge in [-0.25, -0.2) is 0 Å². The van der Waals surface area contributed by atoms with Crippen molar-refractivity contribution in [2.75, 3.05) is 31.1 Å². The van der Waals surface area contributed by atoms with E-state index in [0.717, 1.165) is 24.3 Å². The molecular formula is C18H21N5O2. The second kappa shape index (κ2) is 7.74. The van der Waals surface area contributed by atoms with Crippen LogP contribution < -0.4 is 10.2 Å². The Labute approximate surface area is 146 Å². The van der Waals surface area contributed by atoms with Gasteiger partial charge in [0.1, 0.15) is 5.69 Å². The first kappa shape index (κ1) is 16.9. The highest BCUT2D eigenvalue weighted by Gasteiger charge is 2.19. The summed E-state index contributed by atoms with van der Waals surface area (Å²) in [6, 6.07) is 7.43. The minimum absolute atomic E-state index is 0.102. The molecule has 0 radical (unpaired) electrons. The van der Waals surface area contributed by atoms with Crippen molar-refractivity contribution in [2.24, 2.45) is 0 Å². The van der Waals surface area contributed by atoms with Gasteiger partial charge in [-0.2, -0.15) is 0 Å². The zero-order valence-corrected chi connectivity index (χ0v) is 14.2. The number of carbonyl (C=O) groups is 2. The summed E-state index contributed by atoms with van der Waals surface area (Å²) in [7, 11) is 0. The van der Waals surface area contributed by atoms with Crippen LogP contribution in [0.25, 0.3) is 0 Å². The maximum atomic E-state index is 12.3. The van der Waals surface area contributed by atoms with Crippen LogP contribution in [0.2, 0.25) is 0 Å². The monoisotopic (exact) mass is 339 g/mol. The van der Waals surface area contributed by atoms with Gasteiger partial charge in [-0.05, 0) is 23.8 Å². The molecule has 3 heterocycles. The Balaban J connectivity index is 1.61. The molecule has 1 aliphatic rings. The molecule has 2 aromatic rings. The summed E-state index contributed by atoms with van der Waals surface area (Å²) in [6.07, 6.45) is 5.06. The number of anilines is 1. The van der Waals surface area contributed by atoms with E-state index in [4.69, 9.17) is 0 Å². The standard InChI is InChI=1S/C18H21N5O2/c1-14(24)22-7-9-23(10-8-22)16-4-6-20-17(11-16)18(25)21-13-15-3-2-5-19-12-15/h2-6,11-12H,7-10,13H2,1H3,(H,21,25). The van der Waals surface area contributed by atoms with E-state index in [9.17, 15) is 9.59 Å². The molecule has 2 aromatic heterocycles. The van der Waals surface area contributed by atoms with Gasteiger partial charge in [0, 0.05) is 63.9 Å².